The molecule has 300 valence electrons. The Kier molecular flexibility index (Phi) is 9.35. The monoisotopic (exact) mass is 809 g/mol. The number of furan rings is 1. The quantitative estimate of drug-likeness (QED) is 0.146. The number of hydrogen-bond acceptors (Lipinski definition) is 4. The normalized spacial score (nSPS) is 13.5. The molecule has 11 aromatic rings. The maximum Gasteiger partial charge on any atom is 0.144 e. The van der Waals surface area contributed by atoms with Crippen LogP contribution in [0.4, 0.5) is 0 Å². The van der Waals surface area contributed by atoms with Crippen LogP contribution < -0.4 is 0 Å². The van der Waals surface area contributed by atoms with Crippen LogP contribution in [0.2, 0.25) is 0 Å². The second-order valence-electron chi connectivity index (χ2n) is 16.6. The van der Waals surface area contributed by atoms with Gasteiger partial charge in [0.2, 0.25) is 0 Å². The van der Waals surface area contributed by atoms with Crippen LogP contribution in [-0.2, 0) is 10.8 Å². The molecule has 0 radical (unpaired) electrons. The van der Waals surface area contributed by atoms with Gasteiger partial charge in [0.15, 0.2) is 0 Å². The average molecular weight is 810 g/mol. The van der Waals surface area contributed by atoms with Gasteiger partial charge in [-0.05, 0) is 113 Å². The van der Waals surface area contributed by atoms with Gasteiger partial charge in [-0.15, -0.1) is 0 Å². The van der Waals surface area contributed by atoms with Gasteiger partial charge in [0.05, 0.1) is 33.6 Å². The summed E-state index contributed by atoms with van der Waals surface area (Å²) in [5, 5.41) is 4.31. The van der Waals surface area contributed by atoms with Gasteiger partial charge in [0.1, 0.15) is 11.2 Å². The van der Waals surface area contributed by atoms with Crippen LogP contribution in [0, 0.1) is 0 Å². The molecule has 0 saturated carbocycles. The largest absolute Gasteiger partial charge is 0.455 e. The summed E-state index contributed by atoms with van der Waals surface area (Å²) in [7, 11) is 0. The van der Waals surface area contributed by atoms with Crippen LogP contribution in [0.25, 0.3) is 66.2 Å². The van der Waals surface area contributed by atoms with Crippen LogP contribution in [0.15, 0.2) is 229 Å². The minimum Gasteiger partial charge on any atom is -0.455 e. The van der Waals surface area contributed by atoms with E-state index >= 15 is 0 Å². The molecule has 2 atom stereocenters. The zero-order valence-corrected chi connectivity index (χ0v) is 35.1. The maximum absolute atomic E-state index is 7.06. The van der Waals surface area contributed by atoms with E-state index in [0.717, 1.165) is 88.9 Å². The molecule has 2 unspecified atom stereocenters. The van der Waals surface area contributed by atoms with E-state index in [9.17, 15) is 0 Å². The van der Waals surface area contributed by atoms with E-state index in [0.29, 0.717) is 0 Å². The molecule has 4 aromatic heterocycles. The number of rotatable bonds is 9. The highest BCUT2D eigenvalue weighted by Crippen LogP contribution is 2.46. The van der Waals surface area contributed by atoms with E-state index < -0.39 is 10.8 Å². The molecule has 0 saturated heterocycles. The summed E-state index contributed by atoms with van der Waals surface area (Å²) in [5.41, 5.74) is 12.7. The van der Waals surface area contributed by atoms with E-state index in [1.807, 2.05) is 24.5 Å². The molecule has 7 aromatic carbocycles. The average Bonchev–Trinajstić information content (AvgIpc) is 3.76. The van der Waals surface area contributed by atoms with Crippen molar-refractivity contribution in [1.29, 1.82) is 0 Å². The molecule has 0 spiro atoms. The molecule has 0 aliphatic heterocycles. The zero-order valence-electron chi connectivity index (χ0n) is 35.1. The number of fused-ring (bicyclic) bond motifs is 5. The topological polar surface area (TPSA) is 51.8 Å². The zero-order chi connectivity index (χ0) is 42.4. The Morgan fingerprint density at radius 3 is 1.71 bits per heavy atom. The number of nitrogens with zero attached hydrogens (tertiary/aromatic N) is 3. The van der Waals surface area contributed by atoms with Crippen molar-refractivity contribution in [2.45, 2.75) is 24.7 Å². The van der Waals surface area contributed by atoms with Gasteiger partial charge in [-0.1, -0.05) is 158 Å². The lowest BCUT2D eigenvalue weighted by Crippen LogP contribution is -2.28. The summed E-state index contributed by atoms with van der Waals surface area (Å²) in [4.78, 5) is 15.8. The molecule has 0 bridgehead atoms. The van der Waals surface area contributed by atoms with Gasteiger partial charge in [0, 0.05) is 34.1 Å². The lowest BCUT2D eigenvalue weighted by Gasteiger charge is -2.31. The van der Waals surface area contributed by atoms with Crippen molar-refractivity contribution < 1.29 is 4.42 Å². The van der Waals surface area contributed by atoms with Crippen molar-refractivity contribution >= 4 is 32.7 Å². The smallest absolute Gasteiger partial charge is 0.144 e. The Hall–Kier alpha value is -7.95. The van der Waals surface area contributed by atoms with Gasteiger partial charge < -0.3 is 4.42 Å². The fourth-order valence-corrected chi connectivity index (χ4v) is 9.41. The molecule has 4 heterocycles. The second-order valence-corrected chi connectivity index (χ2v) is 16.6. The lowest BCUT2D eigenvalue weighted by molar-refractivity contribution is 0.641. The summed E-state index contributed by atoms with van der Waals surface area (Å²) < 4.78 is 7.06. The van der Waals surface area contributed by atoms with E-state index in [-0.39, 0.29) is 0 Å². The first kappa shape index (κ1) is 38.0. The lowest BCUT2D eigenvalue weighted by atomic mass is 9.72. The van der Waals surface area contributed by atoms with E-state index in [1.165, 1.54) is 11.1 Å². The Balaban J connectivity index is 1.12. The van der Waals surface area contributed by atoms with Crippen molar-refractivity contribution in [3.05, 3.63) is 258 Å². The predicted octanol–water partition coefficient (Wildman–Crippen LogP) is 14.6. The molecule has 0 aliphatic rings. The number of pyridine rings is 3. The van der Waals surface area contributed by atoms with E-state index in [2.05, 4.69) is 214 Å². The third kappa shape index (κ3) is 6.50. The predicted molar refractivity (Wildman–Crippen MR) is 258 cm³/mol. The Morgan fingerprint density at radius 2 is 0.984 bits per heavy atom. The number of hydrogen-bond donors (Lipinski definition) is 0. The minimum atomic E-state index is -0.718. The second kappa shape index (κ2) is 15.5. The SMILES string of the molecule is CC(c1ccccc1)(c1cc(-c2cccc(C(C)(c3ccccc3)c3cc(-c4ccc(-c5ccccc5)cc4)ccn3)n2)c2oc3c4ccccc4ccc3c2c1)c1ccccn1. The molecule has 0 aliphatic carbocycles. The molecule has 4 heteroatoms. The third-order valence-electron chi connectivity index (χ3n) is 13.1. The molecule has 63 heavy (non-hydrogen) atoms. The Morgan fingerprint density at radius 1 is 0.365 bits per heavy atom. The number of aromatic nitrogens is 3. The first-order valence-electron chi connectivity index (χ1n) is 21.5. The van der Waals surface area contributed by atoms with Crippen molar-refractivity contribution in [2.24, 2.45) is 0 Å². The van der Waals surface area contributed by atoms with Crippen LogP contribution in [0.5, 0.6) is 0 Å². The van der Waals surface area contributed by atoms with Gasteiger partial charge in [0.25, 0.3) is 0 Å². The van der Waals surface area contributed by atoms with E-state index in [1.54, 1.807) is 0 Å². The molecule has 4 nitrogen and oxygen atoms in total. The highest BCUT2D eigenvalue weighted by Gasteiger charge is 2.37. The maximum atomic E-state index is 7.06. The van der Waals surface area contributed by atoms with Crippen LogP contribution in [0.3, 0.4) is 0 Å². The number of benzene rings is 7. The minimum absolute atomic E-state index is 0.605. The molecule has 0 amide bonds. The van der Waals surface area contributed by atoms with Crippen molar-refractivity contribution in [1.82, 2.24) is 15.0 Å². The molecule has 11 rings (SSSR count). The fraction of sp³-hybridized carbons (Fsp3) is 0.0678. The molecule has 0 fully saturated rings. The summed E-state index contributed by atoms with van der Waals surface area (Å²) in [6.45, 7) is 4.52. The Labute approximate surface area is 367 Å². The third-order valence-corrected chi connectivity index (χ3v) is 13.1. The van der Waals surface area contributed by atoms with Gasteiger partial charge in [-0.3, -0.25) is 15.0 Å². The van der Waals surface area contributed by atoms with Crippen LogP contribution in [-0.4, -0.2) is 15.0 Å². The molecular weight excluding hydrogens is 767 g/mol. The van der Waals surface area contributed by atoms with E-state index in [4.69, 9.17) is 19.4 Å². The van der Waals surface area contributed by atoms with Crippen molar-refractivity contribution in [2.75, 3.05) is 0 Å². The first-order valence-corrected chi connectivity index (χ1v) is 21.5. The summed E-state index contributed by atoms with van der Waals surface area (Å²) >= 11 is 0. The highest BCUT2D eigenvalue weighted by atomic mass is 16.3. The highest BCUT2D eigenvalue weighted by molar-refractivity contribution is 6.17. The van der Waals surface area contributed by atoms with Crippen LogP contribution >= 0.6 is 0 Å². The van der Waals surface area contributed by atoms with Crippen molar-refractivity contribution in [3.63, 3.8) is 0 Å². The summed E-state index contributed by atoms with van der Waals surface area (Å²) in [5.74, 6) is 0. The summed E-state index contributed by atoms with van der Waals surface area (Å²) in [6, 6.07) is 74.8. The standard InChI is InChI=1S/C59H43N3O/c1-58(45-20-8-4-9-21-45,53-26-14-15-35-60-53)47-38-50-49-33-32-43-19-12-13-24-48(43)56(49)63-57(50)51(39-47)52-25-16-27-54(62-52)59(2,46-22-10-5-11-23-46)55-37-44(34-36-61-55)42-30-28-41(29-31-42)40-17-6-3-7-18-40/h3-39H,1-2H3. The fourth-order valence-electron chi connectivity index (χ4n) is 9.41. The first-order chi connectivity index (χ1) is 31.0. The summed E-state index contributed by atoms with van der Waals surface area (Å²) in [6.07, 6.45) is 3.81. The van der Waals surface area contributed by atoms with Gasteiger partial charge in [-0.2, -0.15) is 0 Å². The van der Waals surface area contributed by atoms with Crippen LogP contribution in [0.1, 0.15) is 47.6 Å². The van der Waals surface area contributed by atoms with Gasteiger partial charge >= 0.3 is 0 Å². The van der Waals surface area contributed by atoms with Crippen molar-refractivity contribution in [3.8, 4) is 33.5 Å². The Bertz CT molecular complexity index is 3360. The van der Waals surface area contributed by atoms with Gasteiger partial charge in [-0.25, -0.2) is 0 Å². The molecular formula is C59H43N3O. The molecule has 0 N–H and O–H groups in total.